The SMILES string of the molecule is O=c1[nH]c(=O)n(C2CC2)c2c(CO)c(N3CCCC3)c(F)cc12. The summed E-state index contributed by atoms with van der Waals surface area (Å²) in [6, 6.07) is 1.21. The van der Waals surface area contributed by atoms with E-state index in [-0.39, 0.29) is 11.4 Å². The second-order valence-electron chi connectivity index (χ2n) is 6.29. The van der Waals surface area contributed by atoms with Crippen LogP contribution in [0, 0.1) is 5.82 Å². The summed E-state index contributed by atoms with van der Waals surface area (Å²) in [5.41, 5.74) is -0.0388. The molecule has 2 fully saturated rings. The van der Waals surface area contributed by atoms with Crippen LogP contribution in [0.3, 0.4) is 0 Å². The molecule has 6 nitrogen and oxygen atoms in total. The monoisotopic (exact) mass is 319 g/mol. The first kappa shape index (κ1) is 14.4. The van der Waals surface area contributed by atoms with E-state index in [1.165, 1.54) is 10.6 Å². The number of hydrogen-bond acceptors (Lipinski definition) is 4. The average molecular weight is 319 g/mol. The molecule has 122 valence electrons. The predicted molar refractivity (Wildman–Crippen MR) is 84.4 cm³/mol. The van der Waals surface area contributed by atoms with Gasteiger partial charge in [0.1, 0.15) is 5.82 Å². The largest absolute Gasteiger partial charge is 0.392 e. The Morgan fingerprint density at radius 3 is 2.57 bits per heavy atom. The van der Waals surface area contributed by atoms with Gasteiger partial charge < -0.3 is 10.0 Å². The lowest BCUT2D eigenvalue weighted by atomic mass is 10.1. The Kier molecular flexibility index (Phi) is 3.26. The van der Waals surface area contributed by atoms with Crippen molar-refractivity contribution in [2.24, 2.45) is 0 Å². The van der Waals surface area contributed by atoms with Gasteiger partial charge in [0.05, 0.1) is 23.2 Å². The number of aliphatic hydroxyl groups excluding tert-OH is 1. The van der Waals surface area contributed by atoms with E-state index in [0.29, 0.717) is 29.9 Å². The topological polar surface area (TPSA) is 78.3 Å². The van der Waals surface area contributed by atoms with Crippen LogP contribution in [-0.2, 0) is 6.61 Å². The highest BCUT2D eigenvalue weighted by atomic mass is 19.1. The Bertz CT molecular complexity index is 892. The van der Waals surface area contributed by atoms with Crippen LogP contribution in [0.15, 0.2) is 15.7 Å². The van der Waals surface area contributed by atoms with Crippen molar-refractivity contribution in [3.05, 3.63) is 38.3 Å². The zero-order chi connectivity index (χ0) is 16.1. The van der Waals surface area contributed by atoms with Gasteiger partial charge >= 0.3 is 5.69 Å². The second-order valence-corrected chi connectivity index (χ2v) is 6.29. The summed E-state index contributed by atoms with van der Waals surface area (Å²) in [4.78, 5) is 28.5. The summed E-state index contributed by atoms with van der Waals surface area (Å²) in [6.45, 7) is 1.02. The molecule has 2 heterocycles. The van der Waals surface area contributed by atoms with Crippen molar-refractivity contribution in [1.29, 1.82) is 0 Å². The van der Waals surface area contributed by atoms with Crippen molar-refractivity contribution in [2.75, 3.05) is 18.0 Å². The number of anilines is 1. The number of halogens is 1. The Balaban J connectivity index is 2.12. The van der Waals surface area contributed by atoms with E-state index in [1.54, 1.807) is 0 Å². The van der Waals surface area contributed by atoms with Crippen LogP contribution in [0.4, 0.5) is 10.1 Å². The summed E-state index contributed by atoms with van der Waals surface area (Å²) in [7, 11) is 0. The maximum Gasteiger partial charge on any atom is 0.329 e. The van der Waals surface area contributed by atoms with Crippen LogP contribution in [-0.4, -0.2) is 27.7 Å². The highest BCUT2D eigenvalue weighted by Crippen LogP contribution is 2.39. The number of nitrogens with one attached hydrogen (secondary N) is 1. The Hall–Kier alpha value is -2.15. The molecule has 0 amide bonds. The van der Waals surface area contributed by atoms with E-state index in [4.69, 9.17) is 0 Å². The molecule has 1 aliphatic carbocycles. The molecule has 0 atom stereocenters. The molecule has 4 rings (SSSR count). The lowest BCUT2D eigenvalue weighted by molar-refractivity contribution is 0.282. The number of H-pyrrole nitrogens is 1. The van der Waals surface area contributed by atoms with Gasteiger partial charge in [-0.3, -0.25) is 14.3 Å². The van der Waals surface area contributed by atoms with Gasteiger partial charge in [0.2, 0.25) is 0 Å². The van der Waals surface area contributed by atoms with Crippen molar-refractivity contribution in [3.63, 3.8) is 0 Å². The minimum atomic E-state index is -0.608. The third kappa shape index (κ3) is 2.18. The van der Waals surface area contributed by atoms with Gasteiger partial charge in [0.15, 0.2) is 0 Å². The van der Waals surface area contributed by atoms with E-state index < -0.39 is 23.7 Å². The standard InChI is InChI=1S/C16H18FN3O3/c17-12-7-10-13(11(8-21)14(12)19-5-1-2-6-19)20(9-3-4-9)16(23)18-15(10)22/h7,9,21H,1-6,8H2,(H,18,22,23). The molecule has 1 saturated carbocycles. The fourth-order valence-corrected chi connectivity index (χ4v) is 3.57. The summed E-state index contributed by atoms with van der Waals surface area (Å²) in [5.74, 6) is -0.519. The third-order valence-electron chi connectivity index (χ3n) is 4.74. The van der Waals surface area contributed by atoms with Crippen LogP contribution in [0.2, 0.25) is 0 Å². The molecule has 2 N–H and O–H groups in total. The van der Waals surface area contributed by atoms with Gasteiger partial charge in [-0.25, -0.2) is 9.18 Å². The normalized spacial score (nSPS) is 18.1. The first-order valence-corrected chi connectivity index (χ1v) is 7.97. The Morgan fingerprint density at radius 1 is 1.26 bits per heavy atom. The minimum Gasteiger partial charge on any atom is -0.392 e. The third-order valence-corrected chi connectivity index (χ3v) is 4.74. The fraction of sp³-hybridized carbons (Fsp3) is 0.500. The lowest BCUT2D eigenvalue weighted by Crippen LogP contribution is -2.31. The average Bonchev–Trinajstić information content (AvgIpc) is 3.21. The van der Waals surface area contributed by atoms with Gasteiger partial charge in [-0.1, -0.05) is 0 Å². The summed E-state index contributed by atoms with van der Waals surface area (Å²) < 4.78 is 16.2. The van der Waals surface area contributed by atoms with Gasteiger partial charge in [0.25, 0.3) is 5.56 Å². The van der Waals surface area contributed by atoms with Gasteiger partial charge in [-0.15, -0.1) is 0 Å². The first-order chi connectivity index (χ1) is 11.1. The van der Waals surface area contributed by atoms with Crippen LogP contribution in [0.25, 0.3) is 10.9 Å². The van der Waals surface area contributed by atoms with E-state index in [0.717, 1.165) is 25.7 Å². The van der Waals surface area contributed by atoms with Crippen molar-refractivity contribution >= 4 is 16.6 Å². The quantitative estimate of drug-likeness (QED) is 0.893. The molecule has 7 heteroatoms. The summed E-state index contributed by atoms with van der Waals surface area (Å²) in [6.07, 6.45) is 3.63. The van der Waals surface area contributed by atoms with E-state index in [2.05, 4.69) is 4.98 Å². The second kappa shape index (κ2) is 5.19. The number of nitrogens with zero attached hydrogens (tertiary/aromatic N) is 2. The molecule has 0 radical (unpaired) electrons. The van der Waals surface area contributed by atoms with Gasteiger partial charge in [0, 0.05) is 24.7 Å². The maximum absolute atomic E-state index is 14.7. The molecule has 23 heavy (non-hydrogen) atoms. The molecular formula is C16H18FN3O3. The molecule has 1 saturated heterocycles. The van der Waals surface area contributed by atoms with Gasteiger partial charge in [-0.2, -0.15) is 0 Å². The van der Waals surface area contributed by atoms with E-state index in [1.807, 2.05) is 4.90 Å². The molecular weight excluding hydrogens is 301 g/mol. The van der Waals surface area contributed by atoms with E-state index in [9.17, 15) is 19.1 Å². The van der Waals surface area contributed by atoms with Crippen molar-refractivity contribution in [1.82, 2.24) is 9.55 Å². The Labute approximate surface area is 131 Å². The zero-order valence-electron chi connectivity index (χ0n) is 12.6. The molecule has 0 spiro atoms. The van der Waals surface area contributed by atoms with Crippen LogP contribution >= 0.6 is 0 Å². The smallest absolute Gasteiger partial charge is 0.329 e. The molecule has 0 unspecified atom stereocenters. The highest BCUT2D eigenvalue weighted by Gasteiger charge is 2.30. The molecule has 1 aromatic heterocycles. The van der Waals surface area contributed by atoms with E-state index >= 15 is 0 Å². The number of aromatic amines is 1. The first-order valence-electron chi connectivity index (χ1n) is 7.97. The van der Waals surface area contributed by atoms with Crippen LogP contribution in [0.1, 0.15) is 37.3 Å². The van der Waals surface area contributed by atoms with Crippen molar-refractivity contribution in [3.8, 4) is 0 Å². The summed E-state index contributed by atoms with van der Waals surface area (Å²) in [5, 5.41) is 10.0. The molecule has 1 aliphatic heterocycles. The van der Waals surface area contributed by atoms with Crippen LogP contribution in [0.5, 0.6) is 0 Å². The molecule has 2 aromatic rings. The highest BCUT2D eigenvalue weighted by molar-refractivity contribution is 5.87. The fourth-order valence-electron chi connectivity index (χ4n) is 3.57. The number of aliphatic hydroxyl groups is 1. The molecule has 0 bridgehead atoms. The predicted octanol–water partition coefficient (Wildman–Crippen LogP) is 1.26. The zero-order valence-corrected chi connectivity index (χ0v) is 12.6. The number of hydrogen-bond donors (Lipinski definition) is 2. The Morgan fingerprint density at radius 2 is 1.96 bits per heavy atom. The molecule has 2 aliphatic rings. The number of rotatable bonds is 3. The number of aromatic nitrogens is 2. The number of benzene rings is 1. The minimum absolute atomic E-state index is 0.0176. The number of fused-ring (bicyclic) bond motifs is 1. The van der Waals surface area contributed by atoms with Gasteiger partial charge in [-0.05, 0) is 31.7 Å². The lowest BCUT2D eigenvalue weighted by Gasteiger charge is -2.24. The van der Waals surface area contributed by atoms with Crippen LogP contribution < -0.4 is 16.1 Å². The van der Waals surface area contributed by atoms with Crippen molar-refractivity contribution in [2.45, 2.75) is 38.3 Å². The molecule has 1 aromatic carbocycles. The van der Waals surface area contributed by atoms with Crippen molar-refractivity contribution < 1.29 is 9.50 Å². The maximum atomic E-state index is 14.7. The summed E-state index contributed by atoms with van der Waals surface area (Å²) >= 11 is 0.